The van der Waals surface area contributed by atoms with Gasteiger partial charge in [-0.3, -0.25) is 28.9 Å². The van der Waals surface area contributed by atoms with Crippen LogP contribution in [0.2, 0.25) is 0 Å². The Bertz CT molecular complexity index is 2190. The monoisotopic (exact) mass is 886 g/mol. The molecule has 4 atom stereocenters. The largest absolute Gasteiger partial charge is 0.306 e. The number of carbonyl (C=O) groups excluding carboxylic acids is 2. The summed E-state index contributed by atoms with van der Waals surface area (Å²) in [5, 5.41) is 16.3. The van der Waals surface area contributed by atoms with Gasteiger partial charge in [0.1, 0.15) is 34.4 Å². The van der Waals surface area contributed by atoms with Crippen LogP contribution in [0.15, 0.2) is 158 Å². The molecule has 0 aliphatic rings. The molecule has 6 aromatic rings. The lowest BCUT2D eigenvalue weighted by Crippen LogP contribution is -2.38. The predicted octanol–water partition coefficient (Wildman–Crippen LogP) is 11.0. The van der Waals surface area contributed by atoms with Crippen molar-refractivity contribution >= 4 is 27.0 Å². The maximum absolute atomic E-state index is 14.1. The molecule has 16 heteroatoms. The summed E-state index contributed by atoms with van der Waals surface area (Å²) in [4.78, 5) is 25.4. The maximum Gasteiger partial charge on any atom is 0.306 e. The van der Waals surface area contributed by atoms with E-state index in [-0.39, 0.29) is 0 Å². The molecular formula is C46H48F4N6O4P2. The lowest BCUT2D eigenvalue weighted by molar-refractivity contribution is 0.0961. The summed E-state index contributed by atoms with van der Waals surface area (Å²) in [5.41, 5.74) is 1.77. The Labute approximate surface area is 359 Å². The Morgan fingerprint density at radius 2 is 0.581 bits per heavy atom. The minimum Gasteiger partial charge on any atom is -0.279 e. The first kappa shape index (κ1) is 47.3. The summed E-state index contributed by atoms with van der Waals surface area (Å²) < 4.78 is 84.0. The van der Waals surface area contributed by atoms with Gasteiger partial charge < -0.3 is 0 Å². The number of benzene rings is 6. The molecule has 0 heterocycles. The number of rotatable bonds is 16. The third-order valence-corrected chi connectivity index (χ3v) is 13.6. The first-order valence-corrected chi connectivity index (χ1v) is 23.0. The normalized spacial score (nSPS) is 13.4. The third-order valence-electron chi connectivity index (χ3n) is 9.60. The van der Waals surface area contributed by atoms with Crippen molar-refractivity contribution in [1.82, 2.24) is 30.5 Å². The van der Waals surface area contributed by atoms with Gasteiger partial charge in [-0.1, -0.05) is 133 Å². The van der Waals surface area contributed by atoms with Crippen LogP contribution in [0, 0.1) is 23.3 Å². The highest BCUT2D eigenvalue weighted by atomic mass is 31.2. The molecule has 6 N–H and O–H groups in total. The first-order chi connectivity index (χ1) is 29.6. The van der Waals surface area contributed by atoms with Crippen LogP contribution in [0.25, 0.3) is 0 Å². The van der Waals surface area contributed by atoms with Crippen LogP contribution in [0.3, 0.4) is 0 Å². The fourth-order valence-electron chi connectivity index (χ4n) is 6.39. The average Bonchev–Trinajstić information content (AvgIpc) is 3.24. The molecule has 324 valence electrons. The van der Waals surface area contributed by atoms with Gasteiger partial charge in [0.05, 0.1) is 0 Å². The predicted molar refractivity (Wildman–Crippen MR) is 235 cm³/mol. The van der Waals surface area contributed by atoms with Gasteiger partial charge in [0, 0.05) is 24.2 Å². The third kappa shape index (κ3) is 13.1. The molecule has 0 aliphatic carbocycles. The van der Waals surface area contributed by atoms with Crippen molar-refractivity contribution in [2.75, 3.05) is 0 Å². The summed E-state index contributed by atoms with van der Waals surface area (Å²) in [6.45, 7) is 7.14. The Hall–Kier alpha value is -5.72. The summed E-state index contributed by atoms with van der Waals surface area (Å²) >= 11 is 0. The number of hydrogen-bond acceptors (Lipinski definition) is 4. The van der Waals surface area contributed by atoms with E-state index in [1.165, 1.54) is 0 Å². The quantitative estimate of drug-likeness (QED) is 0.0417. The molecule has 0 radical (unpaired) electrons. The number of nitrogens with one attached hydrogen (secondary N) is 6. The van der Waals surface area contributed by atoms with Crippen molar-refractivity contribution in [3.05, 3.63) is 214 Å². The Kier molecular flexibility index (Phi) is 16.7. The van der Waals surface area contributed by atoms with Crippen LogP contribution in [0.5, 0.6) is 0 Å². The van der Waals surface area contributed by atoms with Crippen molar-refractivity contribution in [1.29, 1.82) is 0 Å². The molecule has 0 spiro atoms. The van der Waals surface area contributed by atoms with Gasteiger partial charge >= 0.3 is 15.2 Å². The number of amides is 2. The second-order valence-electron chi connectivity index (χ2n) is 14.3. The lowest BCUT2D eigenvalue weighted by Gasteiger charge is -2.28. The molecule has 6 rings (SSSR count). The second kappa shape index (κ2) is 21.9. The van der Waals surface area contributed by atoms with Gasteiger partial charge in [0.2, 0.25) is 0 Å². The van der Waals surface area contributed by atoms with Crippen LogP contribution in [0.4, 0.5) is 17.6 Å². The van der Waals surface area contributed by atoms with E-state index in [1.807, 2.05) is 121 Å². The molecule has 0 fully saturated rings. The molecule has 10 nitrogen and oxygen atoms in total. The van der Waals surface area contributed by atoms with Crippen LogP contribution in [-0.4, -0.2) is 11.8 Å². The number of carbonyl (C=O) groups is 2. The number of halogens is 4. The van der Waals surface area contributed by atoms with E-state index in [0.29, 0.717) is 0 Å². The van der Waals surface area contributed by atoms with Gasteiger partial charge in [-0.25, -0.2) is 37.9 Å². The Morgan fingerprint density at radius 1 is 0.371 bits per heavy atom. The van der Waals surface area contributed by atoms with Gasteiger partial charge in [0.15, 0.2) is 0 Å². The molecule has 0 aromatic heterocycles. The molecule has 0 unspecified atom stereocenters. The highest BCUT2D eigenvalue weighted by Crippen LogP contribution is 2.40. The molecule has 0 bridgehead atoms. The maximum atomic E-state index is 14.1. The molecule has 2 amide bonds. The van der Waals surface area contributed by atoms with E-state index in [4.69, 9.17) is 0 Å². The number of hydrogen-bond donors (Lipinski definition) is 6. The van der Waals surface area contributed by atoms with Crippen LogP contribution >= 0.6 is 15.2 Å². The average molecular weight is 887 g/mol. The van der Waals surface area contributed by atoms with Gasteiger partial charge in [-0.15, -0.1) is 0 Å². The van der Waals surface area contributed by atoms with E-state index >= 15 is 0 Å². The molecular weight excluding hydrogens is 838 g/mol. The fourth-order valence-corrected chi connectivity index (χ4v) is 10.4. The van der Waals surface area contributed by atoms with Crippen LogP contribution < -0.4 is 30.5 Å². The molecule has 0 aliphatic heterocycles. The summed E-state index contributed by atoms with van der Waals surface area (Å²) in [7, 11) is -7.71. The van der Waals surface area contributed by atoms with Crippen molar-refractivity contribution in [2.45, 2.75) is 51.9 Å². The standard InChI is InChI=1S/2C23H24F2N3O2P/c2*1-16(18-10-5-3-6-11-18)26-31(30,27-17(2)19-12-7-4-8-13-19)28-23(29)22-20(24)14-9-15-21(22)25/h2*3-17H,1-2H3,(H3,26,27,28,29,30)/t2*16-,17-/m11/s1. The van der Waals surface area contributed by atoms with E-state index in [0.717, 1.165) is 58.7 Å². The van der Waals surface area contributed by atoms with Crippen molar-refractivity contribution in [3.8, 4) is 0 Å². The summed E-state index contributed by atoms with van der Waals surface area (Å²) in [6, 6.07) is 41.4. The van der Waals surface area contributed by atoms with Gasteiger partial charge in [0.25, 0.3) is 11.8 Å². The van der Waals surface area contributed by atoms with Crippen LogP contribution in [0.1, 0.15) is 94.8 Å². The summed E-state index contributed by atoms with van der Waals surface area (Å²) in [6.07, 6.45) is 0. The van der Waals surface area contributed by atoms with Gasteiger partial charge in [-0.2, -0.15) is 0 Å². The highest BCUT2D eigenvalue weighted by molar-refractivity contribution is 7.58. The minimum absolute atomic E-state index is 0.423. The SMILES string of the molecule is C[C@@H](NP(=O)(NC(=O)c1c(F)cccc1F)N[C@H](C)c1ccccc1)c1ccccc1.C[C@@H](NP(=O)(NC(=O)c1c(F)cccc1F)N[C@H](C)c1ccccc1)c1ccccc1. The smallest absolute Gasteiger partial charge is 0.279 e. The highest BCUT2D eigenvalue weighted by Gasteiger charge is 2.33. The van der Waals surface area contributed by atoms with Gasteiger partial charge in [-0.05, 0) is 74.2 Å². The van der Waals surface area contributed by atoms with Crippen LogP contribution in [-0.2, 0) is 9.13 Å². The van der Waals surface area contributed by atoms with E-state index in [1.54, 1.807) is 27.7 Å². The fraction of sp³-hybridized carbons (Fsp3) is 0.174. The molecule has 6 aromatic carbocycles. The van der Waals surface area contributed by atoms with Crippen molar-refractivity contribution in [3.63, 3.8) is 0 Å². The zero-order valence-electron chi connectivity index (χ0n) is 34.4. The minimum atomic E-state index is -3.86. The molecule has 0 saturated heterocycles. The Balaban J connectivity index is 0.000000234. The topological polar surface area (TPSA) is 140 Å². The van der Waals surface area contributed by atoms with E-state index < -0.39 is 85.6 Å². The lowest BCUT2D eigenvalue weighted by atomic mass is 10.1. The zero-order chi connectivity index (χ0) is 44.9. The Morgan fingerprint density at radius 3 is 0.790 bits per heavy atom. The van der Waals surface area contributed by atoms with E-state index in [2.05, 4.69) is 30.5 Å². The van der Waals surface area contributed by atoms with Crippen molar-refractivity contribution in [2.24, 2.45) is 0 Å². The second-order valence-corrected chi connectivity index (χ2v) is 18.3. The summed E-state index contributed by atoms with van der Waals surface area (Å²) in [5.74, 6) is -6.35. The zero-order valence-corrected chi connectivity index (χ0v) is 36.1. The van der Waals surface area contributed by atoms with E-state index in [9.17, 15) is 36.3 Å². The molecule has 0 saturated carbocycles. The first-order valence-electron chi connectivity index (χ1n) is 19.6. The van der Waals surface area contributed by atoms with Crippen molar-refractivity contribution < 1.29 is 36.3 Å². The molecule has 62 heavy (non-hydrogen) atoms.